The fourth-order valence-electron chi connectivity index (χ4n) is 4.64. The topological polar surface area (TPSA) is 35.5 Å². The highest BCUT2D eigenvalue weighted by atomic mass is 16.6. The fourth-order valence-corrected chi connectivity index (χ4v) is 4.64. The van der Waals surface area contributed by atoms with Crippen molar-refractivity contribution in [1.29, 1.82) is 0 Å². The second-order valence-electron chi connectivity index (χ2n) is 10.4. The number of hydrogen-bond acceptors (Lipinski definition) is 3. The van der Waals surface area contributed by atoms with Crippen LogP contribution in [-0.4, -0.2) is 44.3 Å². The Balaban J connectivity index is 1.72. The molecular formula is C31H48NO3+. The van der Waals surface area contributed by atoms with E-state index in [0.29, 0.717) is 6.61 Å². The zero-order valence-corrected chi connectivity index (χ0v) is 22.6. The minimum Gasteiger partial charge on any atom is -0.490 e. The van der Waals surface area contributed by atoms with E-state index in [0.717, 1.165) is 36.2 Å². The van der Waals surface area contributed by atoms with Crippen LogP contribution in [0.25, 0.3) is 0 Å². The summed E-state index contributed by atoms with van der Waals surface area (Å²) in [5.74, 6) is 0.687. The first-order valence-electron chi connectivity index (χ1n) is 13.7. The number of rotatable bonds is 18. The van der Waals surface area contributed by atoms with Crippen molar-refractivity contribution < 1.29 is 18.8 Å². The lowest BCUT2D eigenvalue weighted by molar-refractivity contribution is -0.906. The number of para-hydroxylation sites is 1. The lowest BCUT2D eigenvalue weighted by atomic mass is 10.0. The minimum atomic E-state index is -0.119. The van der Waals surface area contributed by atoms with Gasteiger partial charge in [-0.05, 0) is 30.9 Å². The van der Waals surface area contributed by atoms with Crippen LogP contribution in [0.15, 0.2) is 54.6 Å². The summed E-state index contributed by atoms with van der Waals surface area (Å²) < 4.78 is 12.4. The van der Waals surface area contributed by atoms with Gasteiger partial charge in [-0.25, -0.2) is 0 Å². The third-order valence-corrected chi connectivity index (χ3v) is 6.60. The van der Waals surface area contributed by atoms with Crippen molar-refractivity contribution in [3.63, 3.8) is 0 Å². The van der Waals surface area contributed by atoms with Gasteiger partial charge in [0.15, 0.2) is 0 Å². The maximum absolute atomic E-state index is 12.8. The maximum atomic E-state index is 12.8. The summed E-state index contributed by atoms with van der Waals surface area (Å²) in [4.78, 5) is 12.8. The molecule has 0 saturated carbocycles. The summed E-state index contributed by atoms with van der Waals surface area (Å²) >= 11 is 0. The summed E-state index contributed by atoms with van der Waals surface area (Å²) in [7, 11) is 4.35. The Kier molecular flexibility index (Phi) is 13.5. The second-order valence-corrected chi connectivity index (χ2v) is 10.4. The van der Waals surface area contributed by atoms with Gasteiger partial charge < -0.3 is 14.0 Å². The molecule has 4 heteroatoms. The minimum absolute atomic E-state index is 0.113. The van der Waals surface area contributed by atoms with Gasteiger partial charge in [0.2, 0.25) is 0 Å². The predicted molar refractivity (Wildman–Crippen MR) is 145 cm³/mol. The number of unbranched alkanes of at least 4 members (excludes halogenated alkanes) is 6. The van der Waals surface area contributed by atoms with Crippen molar-refractivity contribution in [1.82, 2.24) is 0 Å². The highest BCUT2D eigenvalue weighted by molar-refractivity contribution is 5.72. The molecule has 2 aromatic carbocycles. The maximum Gasteiger partial charge on any atom is 0.314 e. The van der Waals surface area contributed by atoms with Crippen LogP contribution in [0.1, 0.15) is 76.3 Å². The largest absolute Gasteiger partial charge is 0.490 e. The number of nitrogens with zero attached hydrogens (tertiary/aromatic N) is 1. The molecule has 0 radical (unpaired) electrons. The third-order valence-electron chi connectivity index (χ3n) is 6.60. The Morgan fingerprint density at radius 3 is 2.20 bits per heavy atom. The van der Waals surface area contributed by atoms with Gasteiger partial charge in [-0.2, -0.15) is 0 Å². The number of quaternary nitrogens is 1. The highest BCUT2D eigenvalue weighted by Crippen LogP contribution is 2.21. The Bertz CT molecular complexity index is 834. The van der Waals surface area contributed by atoms with Gasteiger partial charge in [0.05, 0.1) is 20.6 Å². The standard InChI is InChI=1S/C31H48NO3/c1-5-7-8-9-10-11-15-20-29-21-16-17-22-30(29)34-23-24-35-31(33)28(6-2)26-32(3,4)25-27-18-13-12-14-19-27/h12-14,16-19,21-22,28H,5-11,15,20,23-26H2,1-4H3/q+1. The van der Waals surface area contributed by atoms with Crippen LogP contribution in [-0.2, 0) is 22.5 Å². The van der Waals surface area contributed by atoms with Crippen molar-refractivity contribution in [2.24, 2.45) is 5.92 Å². The zero-order chi connectivity index (χ0) is 25.4. The average Bonchev–Trinajstić information content (AvgIpc) is 2.85. The Labute approximate surface area is 214 Å². The summed E-state index contributed by atoms with van der Waals surface area (Å²) in [5.41, 5.74) is 2.53. The second kappa shape index (κ2) is 16.4. The van der Waals surface area contributed by atoms with Crippen molar-refractivity contribution in [3.05, 3.63) is 65.7 Å². The lowest BCUT2D eigenvalue weighted by Gasteiger charge is -2.32. The van der Waals surface area contributed by atoms with Crippen LogP contribution in [0.4, 0.5) is 0 Å². The van der Waals surface area contributed by atoms with Crippen LogP contribution in [0, 0.1) is 5.92 Å². The van der Waals surface area contributed by atoms with Crippen molar-refractivity contribution in [2.75, 3.05) is 33.9 Å². The third kappa shape index (κ3) is 11.8. The molecule has 0 bridgehead atoms. The molecule has 0 spiro atoms. The molecule has 2 aromatic rings. The van der Waals surface area contributed by atoms with Crippen LogP contribution in [0.3, 0.4) is 0 Å². The normalized spacial score (nSPS) is 12.3. The smallest absolute Gasteiger partial charge is 0.314 e. The Morgan fingerprint density at radius 2 is 1.49 bits per heavy atom. The monoisotopic (exact) mass is 482 g/mol. The molecule has 35 heavy (non-hydrogen) atoms. The van der Waals surface area contributed by atoms with E-state index < -0.39 is 0 Å². The average molecular weight is 483 g/mol. The molecule has 0 aliphatic heterocycles. The molecule has 0 saturated heterocycles. The van der Waals surface area contributed by atoms with Gasteiger partial charge in [-0.1, -0.05) is 101 Å². The van der Waals surface area contributed by atoms with E-state index in [9.17, 15) is 4.79 Å². The molecule has 0 amide bonds. The van der Waals surface area contributed by atoms with Crippen molar-refractivity contribution in [2.45, 2.75) is 78.2 Å². The van der Waals surface area contributed by atoms with Crippen LogP contribution in [0.2, 0.25) is 0 Å². The zero-order valence-electron chi connectivity index (χ0n) is 22.6. The first kappa shape index (κ1) is 28.9. The summed E-state index contributed by atoms with van der Waals surface area (Å²) in [5, 5.41) is 0. The van der Waals surface area contributed by atoms with Gasteiger partial charge in [-0.15, -0.1) is 0 Å². The molecule has 4 nitrogen and oxygen atoms in total. The van der Waals surface area contributed by atoms with Crippen molar-refractivity contribution >= 4 is 5.97 Å². The van der Waals surface area contributed by atoms with Gasteiger partial charge in [0.25, 0.3) is 0 Å². The van der Waals surface area contributed by atoms with Gasteiger partial charge in [-0.3, -0.25) is 4.79 Å². The summed E-state index contributed by atoms with van der Waals surface area (Å²) in [6, 6.07) is 18.7. The number of aryl methyl sites for hydroxylation is 1. The molecule has 1 atom stereocenters. The molecule has 0 aliphatic rings. The van der Waals surface area contributed by atoms with E-state index in [1.165, 1.54) is 56.1 Å². The molecule has 0 fully saturated rings. The Hall–Kier alpha value is -2.33. The van der Waals surface area contributed by atoms with Crippen molar-refractivity contribution in [3.8, 4) is 5.75 Å². The van der Waals surface area contributed by atoms with E-state index in [1.54, 1.807) is 0 Å². The number of benzene rings is 2. The van der Waals surface area contributed by atoms with E-state index in [-0.39, 0.29) is 18.5 Å². The molecule has 1 unspecified atom stereocenters. The van der Waals surface area contributed by atoms with Gasteiger partial charge in [0.1, 0.15) is 31.4 Å². The predicted octanol–water partition coefficient (Wildman–Crippen LogP) is 7.20. The van der Waals surface area contributed by atoms with Gasteiger partial charge in [0, 0.05) is 5.56 Å². The van der Waals surface area contributed by atoms with E-state index >= 15 is 0 Å². The summed E-state index contributed by atoms with van der Waals surface area (Å²) in [6.07, 6.45) is 10.9. The first-order valence-corrected chi connectivity index (χ1v) is 13.7. The number of ether oxygens (including phenoxy) is 2. The van der Waals surface area contributed by atoms with E-state index in [1.807, 2.05) is 18.2 Å². The number of hydrogen-bond donors (Lipinski definition) is 0. The number of carbonyl (C=O) groups is 1. The highest BCUT2D eigenvalue weighted by Gasteiger charge is 2.28. The van der Waals surface area contributed by atoms with Crippen LogP contribution >= 0.6 is 0 Å². The SMILES string of the molecule is CCCCCCCCCc1ccccc1OCCOC(=O)C(CC)C[N+](C)(C)Cc1ccccc1. The van der Waals surface area contributed by atoms with Gasteiger partial charge >= 0.3 is 5.97 Å². The number of carbonyl (C=O) groups excluding carboxylic acids is 1. The summed E-state index contributed by atoms with van der Waals surface area (Å²) in [6.45, 7) is 6.64. The first-order chi connectivity index (χ1) is 16.9. The molecule has 194 valence electrons. The molecule has 0 aromatic heterocycles. The quantitative estimate of drug-likeness (QED) is 0.128. The molecule has 0 heterocycles. The van der Waals surface area contributed by atoms with E-state index in [2.05, 4.69) is 64.3 Å². The van der Waals surface area contributed by atoms with Crippen LogP contribution in [0.5, 0.6) is 5.75 Å². The molecule has 0 aliphatic carbocycles. The lowest BCUT2D eigenvalue weighted by Crippen LogP contribution is -2.44. The molecule has 0 N–H and O–H groups in total. The van der Waals surface area contributed by atoms with Crippen LogP contribution < -0.4 is 4.74 Å². The molecule has 2 rings (SSSR count). The Morgan fingerprint density at radius 1 is 0.829 bits per heavy atom. The fraction of sp³-hybridized carbons (Fsp3) is 0.581. The number of esters is 1. The van der Waals surface area contributed by atoms with E-state index in [4.69, 9.17) is 9.47 Å². The molecular weight excluding hydrogens is 434 g/mol.